The minimum atomic E-state index is 0.451. The second-order valence-corrected chi connectivity index (χ2v) is 7.96. The summed E-state index contributed by atoms with van der Waals surface area (Å²) < 4.78 is 0. The van der Waals surface area contributed by atoms with Gasteiger partial charge in [-0.15, -0.1) is 5.73 Å². The van der Waals surface area contributed by atoms with Gasteiger partial charge in [0, 0.05) is 0 Å². The Morgan fingerprint density at radius 2 is 1.11 bits per heavy atom. The minimum absolute atomic E-state index is 0.451. The largest absolute Gasteiger partial charge is 0.129 e. The van der Waals surface area contributed by atoms with Crippen molar-refractivity contribution in [3.63, 3.8) is 0 Å². The summed E-state index contributed by atoms with van der Waals surface area (Å²) >= 11 is 0. The molecule has 100 valence electrons. The van der Waals surface area contributed by atoms with Crippen LogP contribution in [0.25, 0.3) is 0 Å². The van der Waals surface area contributed by atoms with Gasteiger partial charge in [0.05, 0.1) is 0 Å². The first kappa shape index (κ1) is 12.5. The highest BCUT2D eigenvalue weighted by Gasteiger charge is 2.60. The Hall–Kier alpha value is -0.480. The lowest BCUT2D eigenvalue weighted by Crippen LogP contribution is -2.42. The van der Waals surface area contributed by atoms with Crippen LogP contribution in [-0.4, -0.2) is 0 Å². The van der Waals surface area contributed by atoms with Gasteiger partial charge in [-0.25, -0.2) is 0 Å². The van der Waals surface area contributed by atoms with Gasteiger partial charge in [0.1, 0.15) is 0 Å². The topological polar surface area (TPSA) is 0 Å². The van der Waals surface area contributed by atoms with Crippen LogP contribution in [0, 0.1) is 52.8 Å². The van der Waals surface area contributed by atoms with E-state index >= 15 is 0 Å². The normalized spacial score (nSPS) is 56.6. The Balaban J connectivity index is 2.07. The summed E-state index contributed by atoms with van der Waals surface area (Å²) in [5.41, 5.74) is 3.93. The molecule has 2 bridgehead atoms. The van der Waals surface area contributed by atoms with Crippen molar-refractivity contribution in [3.05, 3.63) is 17.9 Å². The van der Waals surface area contributed by atoms with Crippen LogP contribution in [0.1, 0.15) is 41.5 Å². The predicted octanol–water partition coefficient (Wildman–Crippen LogP) is 4.77. The standard InChI is InChI=1S/C18H28/c1-10-11(2)13(4)17-15-9-7-8-14(18(15,5)6)16(17)12(10)3/h8-17H,1-6H3. The van der Waals surface area contributed by atoms with Crippen LogP contribution in [-0.2, 0) is 0 Å². The first-order chi connectivity index (χ1) is 8.37. The maximum absolute atomic E-state index is 3.48. The third-order valence-corrected chi connectivity index (χ3v) is 7.25. The lowest BCUT2D eigenvalue weighted by molar-refractivity contribution is 0.0104. The molecule has 0 saturated heterocycles. The fourth-order valence-electron chi connectivity index (χ4n) is 5.62. The van der Waals surface area contributed by atoms with E-state index in [1.165, 1.54) is 0 Å². The molecule has 2 saturated carbocycles. The van der Waals surface area contributed by atoms with E-state index in [9.17, 15) is 0 Å². The van der Waals surface area contributed by atoms with E-state index in [4.69, 9.17) is 0 Å². The number of fused-ring (bicyclic) bond motifs is 5. The maximum atomic E-state index is 3.48. The molecule has 0 heteroatoms. The molecule has 0 spiro atoms. The monoisotopic (exact) mass is 244 g/mol. The smallest absolute Gasteiger partial charge is 0.00663 e. The molecule has 0 N–H and O–H groups in total. The van der Waals surface area contributed by atoms with E-state index in [0.29, 0.717) is 5.41 Å². The van der Waals surface area contributed by atoms with Crippen molar-refractivity contribution < 1.29 is 0 Å². The summed E-state index contributed by atoms with van der Waals surface area (Å²) in [5, 5.41) is 0. The van der Waals surface area contributed by atoms with Crippen LogP contribution in [0.3, 0.4) is 0 Å². The van der Waals surface area contributed by atoms with Gasteiger partial charge in [0.25, 0.3) is 0 Å². The van der Waals surface area contributed by atoms with Gasteiger partial charge in [0.2, 0.25) is 0 Å². The van der Waals surface area contributed by atoms with E-state index in [2.05, 4.69) is 59.4 Å². The second-order valence-electron chi connectivity index (χ2n) is 7.96. The fourth-order valence-corrected chi connectivity index (χ4v) is 5.62. The number of rotatable bonds is 0. The van der Waals surface area contributed by atoms with E-state index in [1.807, 2.05) is 0 Å². The van der Waals surface area contributed by atoms with Crippen molar-refractivity contribution >= 4 is 0 Å². The molecule has 0 amide bonds. The van der Waals surface area contributed by atoms with Crippen LogP contribution in [0.2, 0.25) is 0 Å². The van der Waals surface area contributed by atoms with Crippen LogP contribution in [0.4, 0.5) is 0 Å². The zero-order chi connectivity index (χ0) is 13.2. The molecule has 18 heavy (non-hydrogen) atoms. The van der Waals surface area contributed by atoms with Gasteiger partial charge in [-0.3, -0.25) is 0 Å². The predicted molar refractivity (Wildman–Crippen MR) is 77.1 cm³/mol. The number of allylic oxidation sites excluding steroid dienone is 1. The molecule has 8 atom stereocenters. The van der Waals surface area contributed by atoms with Crippen molar-refractivity contribution in [1.82, 2.24) is 0 Å². The molecule has 2 fully saturated rings. The van der Waals surface area contributed by atoms with Crippen molar-refractivity contribution in [3.8, 4) is 0 Å². The summed E-state index contributed by atoms with van der Waals surface area (Å²) in [7, 11) is 0. The van der Waals surface area contributed by atoms with Crippen molar-refractivity contribution in [2.75, 3.05) is 0 Å². The lowest BCUT2D eigenvalue weighted by Gasteiger charge is -2.47. The highest BCUT2D eigenvalue weighted by atomic mass is 14.6. The summed E-state index contributed by atoms with van der Waals surface area (Å²) in [6.07, 6.45) is 4.79. The van der Waals surface area contributed by atoms with E-state index in [1.54, 1.807) is 0 Å². The third-order valence-electron chi connectivity index (χ3n) is 7.25. The van der Waals surface area contributed by atoms with Gasteiger partial charge in [0.15, 0.2) is 0 Å². The Morgan fingerprint density at radius 3 is 1.50 bits per heavy atom. The van der Waals surface area contributed by atoms with Crippen molar-refractivity contribution in [2.24, 2.45) is 52.8 Å². The average Bonchev–Trinajstić information content (AvgIpc) is 2.50. The molecule has 3 aliphatic rings. The molecule has 0 aromatic rings. The molecular formula is C18H28. The Morgan fingerprint density at radius 1 is 0.722 bits per heavy atom. The zero-order valence-corrected chi connectivity index (χ0v) is 12.8. The summed E-state index contributed by atoms with van der Waals surface area (Å²) in [5.74, 6) is 6.74. The fraction of sp³-hybridized carbons (Fsp3) is 0.833. The summed E-state index contributed by atoms with van der Waals surface area (Å²) in [4.78, 5) is 0. The Kier molecular flexibility index (Phi) is 2.62. The van der Waals surface area contributed by atoms with Gasteiger partial charge >= 0.3 is 0 Å². The average molecular weight is 244 g/mol. The van der Waals surface area contributed by atoms with Crippen LogP contribution in [0.5, 0.6) is 0 Å². The molecule has 3 rings (SSSR count). The lowest BCUT2D eigenvalue weighted by atomic mass is 9.57. The van der Waals surface area contributed by atoms with Crippen LogP contribution >= 0.6 is 0 Å². The van der Waals surface area contributed by atoms with Gasteiger partial charge in [-0.05, 0) is 64.9 Å². The van der Waals surface area contributed by atoms with E-state index < -0.39 is 0 Å². The van der Waals surface area contributed by atoms with Gasteiger partial charge in [-0.2, -0.15) is 0 Å². The summed E-state index contributed by atoms with van der Waals surface area (Å²) in [6.45, 7) is 15.0. The van der Waals surface area contributed by atoms with Crippen molar-refractivity contribution in [2.45, 2.75) is 41.5 Å². The molecule has 3 aliphatic carbocycles. The Bertz CT molecular complexity index is 376. The molecule has 0 radical (unpaired) electrons. The number of hydrogen-bond acceptors (Lipinski definition) is 0. The molecular weight excluding hydrogens is 216 g/mol. The summed E-state index contributed by atoms with van der Waals surface area (Å²) in [6, 6.07) is 0. The molecule has 0 heterocycles. The number of hydrogen-bond donors (Lipinski definition) is 0. The molecule has 0 aromatic carbocycles. The molecule has 0 nitrogen and oxygen atoms in total. The van der Waals surface area contributed by atoms with Gasteiger partial charge in [-0.1, -0.05) is 41.5 Å². The second kappa shape index (κ2) is 3.76. The molecule has 8 unspecified atom stereocenters. The highest BCUT2D eigenvalue weighted by molar-refractivity contribution is 5.21. The van der Waals surface area contributed by atoms with E-state index in [-0.39, 0.29) is 0 Å². The quantitative estimate of drug-likeness (QED) is 0.538. The molecule has 0 aliphatic heterocycles. The third kappa shape index (κ3) is 1.33. The SMILES string of the molecule is CC1C(C)C(C)C2C(C1C)C1C=C=CC2C1(C)C. The maximum Gasteiger partial charge on any atom is -0.00663 e. The van der Waals surface area contributed by atoms with Gasteiger partial charge < -0.3 is 0 Å². The molecule has 0 aromatic heterocycles. The first-order valence-corrected chi connectivity index (χ1v) is 7.80. The zero-order valence-electron chi connectivity index (χ0n) is 12.8. The van der Waals surface area contributed by atoms with Crippen LogP contribution < -0.4 is 0 Å². The first-order valence-electron chi connectivity index (χ1n) is 7.80. The Labute approximate surface area is 113 Å². The van der Waals surface area contributed by atoms with Crippen molar-refractivity contribution in [1.29, 1.82) is 0 Å². The van der Waals surface area contributed by atoms with Crippen LogP contribution in [0.15, 0.2) is 17.9 Å². The minimum Gasteiger partial charge on any atom is -0.129 e. The van der Waals surface area contributed by atoms with E-state index in [0.717, 1.165) is 47.3 Å². The highest BCUT2D eigenvalue weighted by Crippen LogP contribution is 2.65.